The number of pyridine rings is 1. The Hall–Kier alpha value is -3.74. The molecule has 0 bridgehead atoms. The van der Waals surface area contributed by atoms with Crippen molar-refractivity contribution in [2.45, 2.75) is 26.2 Å². The number of benzene rings is 1. The van der Waals surface area contributed by atoms with Crippen LogP contribution in [0.1, 0.15) is 50.6 Å². The second kappa shape index (κ2) is 8.10. The van der Waals surface area contributed by atoms with E-state index in [1.54, 1.807) is 18.3 Å². The fourth-order valence-electron chi connectivity index (χ4n) is 3.39. The van der Waals surface area contributed by atoms with Crippen molar-refractivity contribution in [2.75, 3.05) is 5.32 Å². The highest BCUT2D eigenvalue weighted by Crippen LogP contribution is 2.30. The molecule has 1 aromatic carbocycles. The van der Waals surface area contributed by atoms with E-state index in [9.17, 15) is 9.59 Å². The molecule has 2 N–H and O–H groups in total. The summed E-state index contributed by atoms with van der Waals surface area (Å²) in [6.07, 6.45) is 5.34. The lowest BCUT2D eigenvalue weighted by Crippen LogP contribution is -2.22. The van der Waals surface area contributed by atoms with Gasteiger partial charge in [-0.2, -0.15) is 5.10 Å². The van der Waals surface area contributed by atoms with Crippen molar-refractivity contribution in [1.82, 2.24) is 10.4 Å². The molecule has 0 saturated carbocycles. The van der Waals surface area contributed by atoms with E-state index in [-0.39, 0.29) is 17.6 Å². The van der Waals surface area contributed by atoms with Gasteiger partial charge in [0.15, 0.2) is 5.76 Å². The number of carbonyl (C=O) groups is 2. The summed E-state index contributed by atoms with van der Waals surface area (Å²) in [7, 11) is 0. The van der Waals surface area contributed by atoms with Crippen LogP contribution >= 0.6 is 0 Å². The van der Waals surface area contributed by atoms with Crippen LogP contribution in [0.4, 0.5) is 5.69 Å². The number of nitrogens with one attached hydrogen (secondary N) is 2. The number of fused-ring (bicyclic) bond motifs is 1. The van der Waals surface area contributed by atoms with Gasteiger partial charge in [0.05, 0.1) is 11.3 Å². The molecule has 0 spiro atoms. The number of amides is 2. The van der Waals surface area contributed by atoms with E-state index in [4.69, 9.17) is 4.42 Å². The Balaban J connectivity index is 1.57. The lowest BCUT2D eigenvalue weighted by molar-refractivity contribution is 0.0953. The monoisotopic (exact) mass is 388 g/mol. The molecule has 3 aromatic rings. The average molecular weight is 388 g/mol. The van der Waals surface area contributed by atoms with Crippen molar-refractivity contribution in [1.29, 1.82) is 0 Å². The minimum absolute atomic E-state index is 0.270. The molecule has 0 saturated heterocycles. The molecule has 0 fully saturated rings. The van der Waals surface area contributed by atoms with Crippen molar-refractivity contribution >= 4 is 23.2 Å². The molecule has 4 rings (SSSR count). The Kier molecular flexibility index (Phi) is 5.20. The second-order valence-corrected chi connectivity index (χ2v) is 6.77. The molecule has 146 valence electrons. The van der Waals surface area contributed by atoms with Crippen molar-refractivity contribution < 1.29 is 14.0 Å². The third-order valence-corrected chi connectivity index (χ3v) is 4.78. The maximum absolute atomic E-state index is 12.7. The highest BCUT2D eigenvalue weighted by molar-refractivity contribution is 6.09. The van der Waals surface area contributed by atoms with Crippen molar-refractivity contribution in [3.8, 4) is 0 Å². The van der Waals surface area contributed by atoms with E-state index in [1.165, 1.54) is 6.20 Å². The van der Waals surface area contributed by atoms with Gasteiger partial charge >= 0.3 is 0 Å². The van der Waals surface area contributed by atoms with Crippen LogP contribution in [0.5, 0.6) is 0 Å². The summed E-state index contributed by atoms with van der Waals surface area (Å²) in [6.45, 7) is 1.84. The molecular weight excluding hydrogens is 368 g/mol. The van der Waals surface area contributed by atoms with Crippen LogP contribution < -0.4 is 10.7 Å². The Morgan fingerprint density at radius 2 is 1.90 bits per heavy atom. The highest BCUT2D eigenvalue weighted by atomic mass is 16.4. The summed E-state index contributed by atoms with van der Waals surface area (Å²) in [5.74, 6) is 0.358. The summed E-state index contributed by atoms with van der Waals surface area (Å²) < 4.78 is 5.88. The molecule has 2 amide bonds. The Morgan fingerprint density at radius 1 is 1.07 bits per heavy atom. The summed E-state index contributed by atoms with van der Waals surface area (Å²) in [5, 5.41) is 7.16. The number of aromatic nitrogens is 1. The zero-order valence-electron chi connectivity index (χ0n) is 15.9. The standard InChI is InChI=1S/C22H20N4O3/c1-14-19-17(25-26-21(27)15-7-6-12-23-13-15)10-5-11-18(19)29-20(14)22(28)24-16-8-3-2-4-9-16/h2-4,6-9,12-13H,5,10-11H2,1H3,(H,24,28)(H,26,27)/b25-17+. The van der Waals surface area contributed by atoms with Gasteiger partial charge in [0.1, 0.15) is 5.76 Å². The summed E-state index contributed by atoms with van der Waals surface area (Å²) in [4.78, 5) is 28.9. The van der Waals surface area contributed by atoms with E-state index in [0.717, 1.165) is 29.7 Å². The molecule has 7 heteroatoms. The second-order valence-electron chi connectivity index (χ2n) is 6.77. The van der Waals surface area contributed by atoms with Gasteiger partial charge in [-0.25, -0.2) is 5.43 Å². The fourth-order valence-corrected chi connectivity index (χ4v) is 3.39. The molecule has 1 aliphatic rings. The van der Waals surface area contributed by atoms with Crippen LogP contribution in [-0.2, 0) is 6.42 Å². The van der Waals surface area contributed by atoms with Crippen LogP contribution in [0, 0.1) is 6.92 Å². The van der Waals surface area contributed by atoms with Crippen LogP contribution in [0.3, 0.4) is 0 Å². The number of nitrogens with zero attached hydrogens (tertiary/aromatic N) is 2. The van der Waals surface area contributed by atoms with Crippen LogP contribution in [0.25, 0.3) is 0 Å². The van der Waals surface area contributed by atoms with Gasteiger partial charge in [-0.05, 0) is 44.0 Å². The van der Waals surface area contributed by atoms with E-state index in [0.29, 0.717) is 23.4 Å². The maximum Gasteiger partial charge on any atom is 0.291 e. The van der Waals surface area contributed by atoms with Crippen LogP contribution in [0.2, 0.25) is 0 Å². The lowest BCUT2D eigenvalue weighted by atomic mass is 9.93. The number of aryl methyl sites for hydroxylation is 1. The summed E-state index contributed by atoms with van der Waals surface area (Å²) in [5.41, 5.74) is 5.95. The quantitative estimate of drug-likeness (QED) is 0.666. The number of anilines is 1. The predicted octanol–water partition coefficient (Wildman–Crippen LogP) is 3.71. The third-order valence-electron chi connectivity index (χ3n) is 4.78. The van der Waals surface area contributed by atoms with Gasteiger partial charge in [0.2, 0.25) is 0 Å². The summed E-state index contributed by atoms with van der Waals surface area (Å²) >= 11 is 0. The van der Waals surface area contributed by atoms with Gasteiger partial charge in [0, 0.05) is 35.6 Å². The predicted molar refractivity (Wildman–Crippen MR) is 109 cm³/mol. The molecule has 7 nitrogen and oxygen atoms in total. The highest BCUT2D eigenvalue weighted by Gasteiger charge is 2.28. The first-order chi connectivity index (χ1) is 14.1. The fraction of sp³-hybridized carbons (Fsp3) is 0.182. The molecule has 0 atom stereocenters. The van der Waals surface area contributed by atoms with E-state index in [1.807, 2.05) is 37.3 Å². The molecular formula is C22H20N4O3. The van der Waals surface area contributed by atoms with Gasteiger partial charge in [0.25, 0.3) is 11.8 Å². The SMILES string of the molecule is Cc1c(C(=O)Nc2ccccc2)oc2c1/C(=N/NC(=O)c1cccnc1)CCC2. The number of furan rings is 1. The van der Waals surface area contributed by atoms with Gasteiger partial charge in [-0.3, -0.25) is 14.6 Å². The zero-order valence-corrected chi connectivity index (χ0v) is 15.9. The molecule has 29 heavy (non-hydrogen) atoms. The molecule has 1 aliphatic carbocycles. The smallest absolute Gasteiger partial charge is 0.291 e. The van der Waals surface area contributed by atoms with E-state index >= 15 is 0 Å². The number of carbonyl (C=O) groups excluding carboxylic acids is 2. The van der Waals surface area contributed by atoms with E-state index < -0.39 is 0 Å². The number of para-hydroxylation sites is 1. The zero-order chi connectivity index (χ0) is 20.2. The molecule has 2 heterocycles. The largest absolute Gasteiger partial charge is 0.455 e. The minimum Gasteiger partial charge on any atom is -0.455 e. The Morgan fingerprint density at radius 3 is 2.66 bits per heavy atom. The summed E-state index contributed by atoms with van der Waals surface area (Å²) in [6, 6.07) is 12.6. The van der Waals surface area contributed by atoms with Crippen molar-refractivity contribution in [3.05, 3.63) is 83.1 Å². The van der Waals surface area contributed by atoms with Gasteiger partial charge in [-0.1, -0.05) is 18.2 Å². The minimum atomic E-state index is -0.332. The topological polar surface area (TPSA) is 96.6 Å². The molecule has 0 radical (unpaired) electrons. The molecule has 2 aromatic heterocycles. The maximum atomic E-state index is 12.7. The average Bonchev–Trinajstić information content (AvgIpc) is 3.10. The first-order valence-electron chi connectivity index (χ1n) is 9.39. The Bertz CT molecular complexity index is 1070. The normalized spacial score (nSPS) is 14.3. The third kappa shape index (κ3) is 3.94. The van der Waals surface area contributed by atoms with Crippen molar-refractivity contribution in [2.24, 2.45) is 5.10 Å². The van der Waals surface area contributed by atoms with Crippen molar-refractivity contribution in [3.63, 3.8) is 0 Å². The van der Waals surface area contributed by atoms with Crippen LogP contribution in [0.15, 0.2) is 64.4 Å². The molecule has 0 unspecified atom stereocenters. The first kappa shape index (κ1) is 18.6. The number of hydrogen-bond acceptors (Lipinski definition) is 5. The van der Waals surface area contributed by atoms with Gasteiger partial charge < -0.3 is 9.73 Å². The lowest BCUT2D eigenvalue weighted by Gasteiger charge is -2.13. The number of hydrogen-bond donors (Lipinski definition) is 2. The number of hydrazone groups is 1. The number of rotatable bonds is 4. The molecule has 0 aliphatic heterocycles. The first-order valence-corrected chi connectivity index (χ1v) is 9.39. The Labute approximate surface area is 167 Å². The van der Waals surface area contributed by atoms with Gasteiger partial charge in [-0.15, -0.1) is 0 Å². The van der Waals surface area contributed by atoms with E-state index in [2.05, 4.69) is 20.8 Å². The van der Waals surface area contributed by atoms with Crippen LogP contribution in [-0.4, -0.2) is 22.5 Å².